The number of carbonyl (C=O) groups is 2. The molecule has 8 atom stereocenters. The molecule has 20 nitrogen and oxygen atoms in total. The number of aromatic amines is 2. The summed E-state index contributed by atoms with van der Waals surface area (Å²) in [4.78, 5) is 38.8. The Morgan fingerprint density at radius 1 is 0.910 bits per heavy atom. The zero-order valence-corrected chi connectivity index (χ0v) is 37.7. The average Bonchev–Trinajstić information content (AvgIpc) is 3.66. The van der Waals surface area contributed by atoms with E-state index in [1.54, 1.807) is 37.7 Å². The van der Waals surface area contributed by atoms with Crippen molar-refractivity contribution < 1.29 is 46.4 Å². The highest BCUT2D eigenvalue weighted by atomic mass is 19.1. The van der Waals surface area contributed by atoms with Gasteiger partial charge in [0.2, 0.25) is 0 Å². The molecule has 6 aromatic heterocycles. The van der Waals surface area contributed by atoms with Crippen LogP contribution in [0, 0.1) is 5.82 Å². The molecule has 0 saturated heterocycles. The highest BCUT2D eigenvalue weighted by molar-refractivity contribution is 5.73. The first kappa shape index (κ1) is 44.4. The molecule has 0 radical (unpaired) electrons. The van der Waals surface area contributed by atoms with E-state index in [0.717, 1.165) is 19.0 Å². The van der Waals surface area contributed by atoms with Gasteiger partial charge in [0.1, 0.15) is 36.1 Å². The molecule has 4 fully saturated rings. The van der Waals surface area contributed by atoms with E-state index in [0.29, 0.717) is 83.5 Å². The molecule has 2 unspecified atom stereocenters. The topological polar surface area (TPSA) is 228 Å². The van der Waals surface area contributed by atoms with Crippen molar-refractivity contribution in [2.75, 3.05) is 24.9 Å². The van der Waals surface area contributed by atoms with Crippen LogP contribution < -0.4 is 25.9 Å². The highest BCUT2D eigenvalue weighted by Gasteiger charge is 2.50. The molecule has 67 heavy (non-hydrogen) atoms. The minimum atomic E-state index is -1.48. The quantitative estimate of drug-likeness (QED) is 0.0584. The Bertz CT molecular complexity index is 2810. The summed E-state index contributed by atoms with van der Waals surface area (Å²) in [5.41, 5.74) is 3.38. The molecule has 23 heteroatoms. The molecule has 4 aliphatic carbocycles. The maximum absolute atomic E-state index is 16.3. The van der Waals surface area contributed by atoms with E-state index in [4.69, 9.17) is 29.0 Å². The molecule has 0 aliphatic heterocycles. The normalized spacial score (nSPS) is 25.2. The van der Waals surface area contributed by atoms with Crippen LogP contribution in [0.5, 0.6) is 0 Å². The number of methoxy groups -OCH3 is 2. The predicted molar refractivity (Wildman–Crippen MR) is 233 cm³/mol. The number of carbonyl (C=O) groups excluding carboxylic acids is 2. The average molecular weight is 932 g/mol. The Kier molecular flexibility index (Phi) is 11.7. The van der Waals surface area contributed by atoms with Gasteiger partial charge >= 0.3 is 24.0 Å². The fourth-order valence-electron chi connectivity index (χ4n) is 9.34. The maximum Gasteiger partial charge on any atom is 0.407 e. The summed E-state index contributed by atoms with van der Waals surface area (Å²) in [5.74, 6) is -0.330. The first-order valence-electron chi connectivity index (χ1n) is 22.6. The number of nitrogens with zero attached hydrogens (tertiary/aromatic N) is 8. The van der Waals surface area contributed by atoms with Gasteiger partial charge in [0.25, 0.3) is 0 Å². The molecule has 4 aliphatic rings. The molecule has 2 amide bonds. The van der Waals surface area contributed by atoms with Crippen molar-refractivity contribution in [2.24, 2.45) is 0 Å². The second kappa shape index (κ2) is 17.6. The number of hydrogen-bond acceptors (Lipinski definition) is 13. The molecule has 6 aromatic rings. The molecule has 6 N–H and O–H groups in total. The Hall–Kier alpha value is -6.49. The van der Waals surface area contributed by atoms with Gasteiger partial charge in [-0.1, -0.05) is 0 Å². The number of amides is 2. The zero-order valence-electron chi connectivity index (χ0n) is 37.7. The van der Waals surface area contributed by atoms with Crippen molar-refractivity contribution in [2.45, 2.75) is 139 Å². The second-order valence-electron chi connectivity index (χ2n) is 18.7. The fraction of sp³-hybridized carbons (Fsp3) is 0.545. The number of anilines is 4. The molecule has 356 valence electrons. The van der Waals surface area contributed by atoms with E-state index in [-0.39, 0.29) is 48.3 Å². The summed E-state index contributed by atoms with van der Waals surface area (Å²) in [6.45, 7) is 5.95. The largest absolute Gasteiger partial charge is 0.443 e. The van der Waals surface area contributed by atoms with Crippen molar-refractivity contribution in [3.05, 3.63) is 71.1 Å². The first-order valence-corrected chi connectivity index (χ1v) is 22.6. The van der Waals surface area contributed by atoms with Crippen LogP contribution in [-0.2, 0) is 32.2 Å². The number of fused-ring (bicyclic) bond motifs is 2. The lowest BCUT2D eigenvalue weighted by atomic mass is 10.0. The molecule has 4 saturated carbocycles. The van der Waals surface area contributed by atoms with E-state index in [9.17, 15) is 9.59 Å². The van der Waals surface area contributed by atoms with Crippen molar-refractivity contribution >= 4 is 46.8 Å². The van der Waals surface area contributed by atoms with Gasteiger partial charge in [-0.15, -0.1) is 0 Å². The van der Waals surface area contributed by atoms with Crippen LogP contribution in [0.15, 0.2) is 36.8 Å². The number of rotatable bonds is 16. The lowest BCUT2D eigenvalue weighted by Gasteiger charge is -2.19. The summed E-state index contributed by atoms with van der Waals surface area (Å²) in [7, 11) is 3.11. The van der Waals surface area contributed by atoms with Crippen LogP contribution in [0.4, 0.5) is 46.2 Å². The van der Waals surface area contributed by atoms with Crippen LogP contribution >= 0.6 is 0 Å². The van der Waals surface area contributed by atoms with Crippen molar-refractivity contribution in [3.8, 4) is 0 Å². The number of halogens is 3. The number of ether oxygens (including phenoxy) is 4. The summed E-state index contributed by atoms with van der Waals surface area (Å²) >= 11 is 0. The van der Waals surface area contributed by atoms with Gasteiger partial charge in [-0.05, 0) is 65.4 Å². The van der Waals surface area contributed by atoms with Crippen LogP contribution in [-0.4, -0.2) is 107 Å². The molecule has 0 bridgehead atoms. The smallest absolute Gasteiger partial charge is 0.407 e. The maximum atomic E-state index is 16.3. The van der Waals surface area contributed by atoms with Gasteiger partial charge in [-0.25, -0.2) is 52.1 Å². The lowest BCUT2D eigenvalue weighted by molar-refractivity contribution is -0.742. The number of hydrogen-bond donors (Lipinski definition) is 6. The Morgan fingerprint density at radius 3 is 2.34 bits per heavy atom. The molecular weight excluding hydrogens is 878 g/mol. The summed E-state index contributed by atoms with van der Waals surface area (Å²) in [6, 6.07) is 5.04. The number of nitrogens with one attached hydrogen (secondary N) is 6. The molecular formula is C44H54F3N14O6+. The minimum absolute atomic E-state index is 0.0554. The van der Waals surface area contributed by atoms with Crippen LogP contribution in [0.2, 0.25) is 0 Å². The third-order valence-corrected chi connectivity index (χ3v) is 13.1. The standard InChI is InChI=1S/C44H53F3N14O6/c1-21(2)49-42(62)66-33-8-6-24(37(33)46)28-14-35(56-55-28)52-39-32-12-22(19-64-4)57-60(32)18-30(51-39)26-13-31(26)61-36(53-41-48-16-27(45)40-50-23(20-65-5)17-59(40)41)15-29(58-61)25-7-9-34(38(25)47)67-43(63)54-44(3)10-11-44/h12,14-18,21,24-26,31,33-34,37-38H,6-11,13,19-20H2,1-5H3,(H5,48,49,50,51,52,53,54,55,56,57,58,62,63)/p+1/t24-,25-,26?,31?,33-,34-,37+,38+/m0/s1. The molecule has 0 aromatic carbocycles. The minimum Gasteiger partial charge on any atom is -0.443 e. The highest BCUT2D eigenvalue weighted by Crippen LogP contribution is 2.49. The summed E-state index contributed by atoms with van der Waals surface area (Å²) in [6.07, 6.45) is 2.51. The number of alkyl halides is 2. The van der Waals surface area contributed by atoms with Gasteiger partial charge in [0.15, 0.2) is 23.1 Å². The monoisotopic (exact) mass is 931 g/mol. The molecule has 10 rings (SSSR count). The second-order valence-corrected chi connectivity index (χ2v) is 18.7. The van der Waals surface area contributed by atoms with Crippen LogP contribution in [0.3, 0.4) is 0 Å². The van der Waals surface area contributed by atoms with Crippen molar-refractivity contribution in [1.82, 2.24) is 54.9 Å². The van der Waals surface area contributed by atoms with Crippen LogP contribution in [0.25, 0.3) is 11.2 Å². The summed E-state index contributed by atoms with van der Waals surface area (Å²) in [5, 5.41) is 27.8. The Labute approximate surface area is 382 Å². The van der Waals surface area contributed by atoms with Crippen molar-refractivity contribution in [3.63, 3.8) is 0 Å². The van der Waals surface area contributed by atoms with Gasteiger partial charge in [0.05, 0.1) is 54.4 Å². The van der Waals surface area contributed by atoms with E-state index in [1.165, 1.54) is 11.5 Å². The Balaban J connectivity index is 0.933. The van der Waals surface area contributed by atoms with E-state index >= 15 is 13.2 Å². The SMILES string of the molecule is COCc1cn2c(Nc3cc([C@@H]4CC[C@H](OC(=O)NC5(C)CC5)[C@@H]4F)[nH][n+]3C3CC3c3cn4nc(COC)cc4c(Nc4cc([C@@H]5CC[C@H](OC(=O)NC(C)C)[C@@H]5F)[nH]n4)n3)ncc(F)c2n1. The van der Waals surface area contributed by atoms with Gasteiger partial charge in [-0.2, -0.15) is 19.9 Å². The van der Waals surface area contributed by atoms with Gasteiger partial charge in [0, 0.05) is 67.9 Å². The third-order valence-electron chi connectivity index (χ3n) is 13.1. The summed E-state index contributed by atoms with van der Waals surface area (Å²) < 4.78 is 73.8. The van der Waals surface area contributed by atoms with Crippen molar-refractivity contribution in [1.29, 1.82) is 0 Å². The predicted octanol–water partition coefficient (Wildman–Crippen LogP) is 6.34. The number of imidazole rings is 1. The van der Waals surface area contributed by atoms with E-state index < -0.39 is 54.4 Å². The fourth-order valence-corrected chi connectivity index (χ4v) is 9.34. The number of aromatic nitrogens is 10. The lowest BCUT2D eigenvalue weighted by Crippen LogP contribution is -2.39. The number of alkyl carbamates (subject to hydrolysis) is 2. The zero-order chi connectivity index (χ0) is 46.7. The van der Waals surface area contributed by atoms with E-state index in [1.807, 2.05) is 29.9 Å². The Morgan fingerprint density at radius 2 is 1.63 bits per heavy atom. The third kappa shape index (κ3) is 9.05. The van der Waals surface area contributed by atoms with Gasteiger partial charge in [-0.3, -0.25) is 5.10 Å². The molecule has 6 heterocycles. The first-order chi connectivity index (χ1) is 32.3. The molecule has 0 spiro atoms. The van der Waals surface area contributed by atoms with Gasteiger partial charge < -0.3 is 34.9 Å². The van der Waals surface area contributed by atoms with Crippen LogP contribution in [0.1, 0.15) is 118 Å². The number of H-pyrrole nitrogens is 2. The van der Waals surface area contributed by atoms with E-state index in [2.05, 4.69) is 46.5 Å².